The fourth-order valence-corrected chi connectivity index (χ4v) is 3.42. The molecule has 0 saturated heterocycles. The molecule has 1 atom stereocenters. The molecule has 0 N–H and O–H groups in total. The number of alkyl halides is 1. The summed E-state index contributed by atoms with van der Waals surface area (Å²) in [7, 11) is 0. The van der Waals surface area contributed by atoms with Gasteiger partial charge in [0.05, 0.1) is 15.3 Å². The Labute approximate surface area is 125 Å². The molecule has 1 heterocycles. The zero-order chi connectivity index (χ0) is 13.1. The minimum atomic E-state index is 0.183. The molecule has 0 amide bonds. The van der Waals surface area contributed by atoms with Crippen LogP contribution >= 0.6 is 38.9 Å². The van der Waals surface area contributed by atoms with E-state index in [1.165, 1.54) is 10.4 Å². The zero-order valence-electron chi connectivity index (χ0n) is 10.2. The van der Waals surface area contributed by atoms with Crippen molar-refractivity contribution >= 4 is 38.9 Å². The first kappa shape index (κ1) is 13.9. The van der Waals surface area contributed by atoms with E-state index in [-0.39, 0.29) is 10.9 Å². The van der Waals surface area contributed by atoms with Gasteiger partial charge in [-0.2, -0.15) is 0 Å². The average molecular weight is 346 g/mol. The van der Waals surface area contributed by atoms with E-state index < -0.39 is 0 Å². The van der Waals surface area contributed by atoms with Gasteiger partial charge in [0.2, 0.25) is 0 Å². The molecule has 0 aliphatic carbocycles. The lowest BCUT2D eigenvalue weighted by atomic mass is 10.1. The molecule has 4 heteroatoms. The van der Waals surface area contributed by atoms with Crippen LogP contribution in [0.5, 0.6) is 5.75 Å². The molecule has 0 saturated carbocycles. The van der Waals surface area contributed by atoms with Gasteiger partial charge in [-0.05, 0) is 43.7 Å². The Morgan fingerprint density at radius 2 is 1.78 bits per heavy atom. The van der Waals surface area contributed by atoms with Crippen molar-refractivity contribution in [3.63, 3.8) is 0 Å². The van der Waals surface area contributed by atoms with Crippen LogP contribution < -0.4 is 4.74 Å². The van der Waals surface area contributed by atoms with E-state index in [0.29, 0.717) is 0 Å². The van der Waals surface area contributed by atoms with E-state index in [4.69, 9.17) is 16.3 Å². The smallest absolute Gasteiger partial charge is 0.119 e. The van der Waals surface area contributed by atoms with Gasteiger partial charge in [-0.25, -0.2) is 0 Å². The number of hydrogen-bond acceptors (Lipinski definition) is 2. The van der Waals surface area contributed by atoms with Crippen molar-refractivity contribution in [1.29, 1.82) is 0 Å². The molecule has 1 aromatic heterocycles. The predicted octanol–water partition coefficient (Wildman–Crippen LogP) is 5.67. The van der Waals surface area contributed by atoms with Gasteiger partial charge in [-0.3, -0.25) is 0 Å². The van der Waals surface area contributed by atoms with Crippen LogP contribution in [0.25, 0.3) is 0 Å². The van der Waals surface area contributed by atoms with Crippen LogP contribution in [0.15, 0.2) is 36.4 Å². The summed E-state index contributed by atoms with van der Waals surface area (Å²) < 4.78 is 6.44. The Morgan fingerprint density at radius 1 is 1.11 bits per heavy atom. The Bertz CT molecular complexity index is 507. The van der Waals surface area contributed by atoms with Crippen molar-refractivity contribution < 1.29 is 4.74 Å². The first-order valence-electron chi connectivity index (χ1n) is 5.72. The van der Waals surface area contributed by atoms with E-state index in [9.17, 15) is 0 Å². The first-order chi connectivity index (χ1) is 8.56. The molecule has 2 aromatic rings. The molecule has 0 aliphatic rings. The molecular formula is C14H14BrClOS. The number of hydrogen-bond donors (Lipinski definition) is 0. The Balaban J connectivity index is 2.14. The Hall–Kier alpha value is -0.510. The highest BCUT2D eigenvalue weighted by Crippen LogP contribution is 2.37. The van der Waals surface area contributed by atoms with E-state index in [1.807, 2.05) is 38.1 Å². The zero-order valence-corrected chi connectivity index (χ0v) is 13.3. The molecule has 2 rings (SSSR count). The summed E-state index contributed by atoms with van der Waals surface area (Å²) in [4.78, 5) is 1.39. The quantitative estimate of drug-likeness (QED) is 0.648. The van der Waals surface area contributed by atoms with E-state index in [0.717, 1.165) is 10.1 Å². The van der Waals surface area contributed by atoms with Crippen molar-refractivity contribution in [2.75, 3.05) is 0 Å². The number of benzene rings is 1. The summed E-state index contributed by atoms with van der Waals surface area (Å²) in [6, 6.07) is 12.1. The van der Waals surface area contributed by atoms with Gasteiger partial charge < -0.3 is 4.74 Å². The number of rotatable bonds is 4. The second kappa shape index (κ2) is 6.09. The molecule has 0 bridgehead atoms. The third kappa shape index (κ3) is 3.50. The number of halogens is 2. The molecule has 0 fully saturated rings. The standard InChI is InChI=1S/C14H14BrClOS/c1-9(2)17-11-5-3-10(4-6-11)14(15)12-7-8-13(16)18-12/h3-9,14H,1-2H3. The maximum atomic E-state index is 5.95. The molecule has 1 aromatic carbocycles. The highest BCUT2D eigenvalue weighted by molar-refractivity contribution is 9.09. The largest absolute Gasteiger partial charge is 0.491 e. The second-order valence-electron chi connectivity index (χ2n) is 4.24. The second-order valence-corrected chi connectivity index (χ2v) is 6.90. The maximum absolute atomic E-state index is 5.95. The normalized spacial score (nSPS) is 12.7. The highest BCUT2D eigenvalue weighted by atomic mass is 79.9. The summed E-state index contributed by atoms with van der Waals surface area (Å²) in [5.41, 5.74) is 1.20. The third-order valence-electron chi connectivity index (χ3n) is 2.39. The fourth-order valence-electron chi connectivity index (χ4n) is 1.62. The van der Waals surface area contributed by atoms with E-state index >= 15 is 0 Å². The van der Waals surface area contributed by atoms with Crippen LogP contribution in [-0.4, -0.2) is 6.10 Å². The van der Waals surface area contributed by atoms with Crippen LogP contribution in [0, 0.1) is 0 Å². The minimum Gasteiger partial charge on any atom is -0.491 e. The molecule has 0 radical (unpaired) electrons. The Kier molecular flexibility index (Phi) is 4.71. The highest BCUT2D eigenvalue weighted by Gasteiger charge is 2.12. The lowest BCUT2D eigenvalue weighted by Gasteiger charge is -2.12. The summed E-state index contributed by atoms with van der Waals surface area (Å²) in [5, 5.41) is 0. The number of ether oxygens (including phenoxy) is 1. The summed E-state index contributed by atoms with van der Waals surface area (Å²) in [5.74, 6) is 0.901. The van der Waals surface area contributed by atoms with Gasteiger partial charge in [-0.15, -0.1) is 11.3 Å². The molecule has 18 heavy (non-hydrogen) atoms. The number of thiophene rings is 1. The van der Waals surface area contributed by atoms with Crippen molar-refractivity contribution in [3.8, 4) is 5.75 Å². The van der Waals surface area contributed by atoms with Crippen molar-refractivity contribution in [2.45, 2.75) is 24.8 Å². The van der Waals surface area contributed by atoms with E-state index in [1.54, 1.807) is 11.3 Å². The SMILES string of the molecule is CC(C)Oc1ccc(C(Br)c2ccc(Cl)s2)cc1. The van der Waals surface area contributed by atoms with Gasteiger partial charge in [0, 0.05) is 4.88 Å². The van der Waals surface area contributed by atoms with Crippen molar-refractivity contribution in [1.82, 2.24) is 0 Å². The van der Waals surface area contributed by atoms with E-state index in [2.05, 4.69) is 28.1 Å². The molecule has 1 unspecified atom stereocenters. The van der Waals surface area contributed by atoms with Crippen molar-refractivity contribution in [2.24, 2.45) is 0 Å². The Morgan fingerprint density at radius 3 is 2.28 bits per heavy atom. The summed E-state index contributed by atoms with van der Waals surface area (Å²) >= 11 is 11.2. The maximum Gasteiger partial charge on any atom is 0.119 e. The van der Waals surface area contributed by atoms with Gasteiger partial charge in [0.15, 0.2) is 0 Å². The van der Waals surface area contributed by atoms with Gasteiger partial charge in [0.1, 0.15) is 5.75 Å². The van der Waals surface area contributed by atoms with Gasteiger partial charge in [-0.1, -0.05) is 39.7 Å². The fraction of sp³-hybridized carbons (Fsp3) is 0.286. The van der Waals surface area contributed by atoms with Crippen LogP contribution in [-0.2, 0) is 0 Å². The van der Waals surface area contributed by atoms with Crippen molar-refractivity contribution in [3.05, 3.63) is 51.2 Å². The predicted molar refractivity (Wildman–Crippen MR) is 82.3 cm³/mol. The third-order valence-corrected chi connectivity index (χ3v) is 5.01. The minimum absolute atomic E-state index is 0.183. The van der Waals surface area contributed by atoms with Crippen LogP contribution in [0.1, 0.15) is 29.1 Å². The molecule has 96 valence electrons. The van der Waals surface area contributed by atoms with Crippen LogP contribution in [0.4, 0.5) is 0 Å². The van der Waals surface area contributed by atoms with Gasteiger partial charge >= 0.3 is 0 Å². The molecule has 0 spiro atoms. The topological polar surface area (TPSA) is 9.23 Å². The van der Waals surface area contributed by atoms with Crippen LogP contribution in [0.3, 0.4) is 0 Å². The molecule has 0 aliphatic heterocycles. The molecule has 1 nitrogen and oxygen atoms in total. The average Bonchev–Trinajstić information content (AvgIpc) is 2.75. The lowest BCUT2D eigenvalue weighted by Crippen LogP contribution is -2.05. The first-order valence-corrected chi connectivity index (χ1v) is 7.83. The summed E-state index contributed by atoms with van der Waals surface area (Å²) in [6.45, 7) is 4.05. The lowest BCUT2D eigenvalue weighted by molar-refractivity contribution is 0.242. The molecular weight excluding hydrogens is 332 g/mol. The van der Waals surface area contributed by atoms with Gasteiger partial charge in [0.25, 0.3) is 0 Å². The summed E-state index contributed by atoms with van der Waals surface area (Å²) in [6.07, 6.45) is 0.201. The monoisotopic (exact) mass is 344 g/mol. The van der Waals surface area contributed by atoms with Crippen LogP contribution in [0.2, 0.25) is 4.34 Å².